The predicted molar refractivity (Wildman–Crippen MR) is 51.7 cm³/mol. The van der Waals surface area contributed by atoms with Crippen molar-refractivity contribution in [3.63, 3.8) is 0 Å². The van der Waals surface area contributed by atoms with Gasteiger partial charge in [0, 0.05) is 0 Å². The van der Waals surface area contributed by atoms with Crippen molar-refractivity contribution in [2.75, 3.05) is 0 Å². The molecule has 1 aromatic rings. The van der Waals surface area contributed by atoms with Crippen molar-refractivity contribution in [2.24, 2.45) is 0 Å². The molecule has 0 aliphatic heterocycles. The van der Waals surface area contributed by atoms with Crippen molar-refractivity contribution in [1.82, 2.24) is 9.97 Å². The molecule has 0 aromatic carbocycles. The summed E-state index contributed by atoms with van der Waals surface area (Å²) in [6.45, 7) is 4.10. The lowest BCUT2D eigenvalue weighted by molar-refractivity contribution is 0.451. The summed E-state index contributed by atoms with van der Waals surface area (Å²) in [6.07, 6.45) is 5.31. The van der Waals surface area contributed by atoms with Gasteiger partial charge in [0.1, 0.15) is 6.33 Å². The van der Waals surface area contributed by atoms with Crippen molar-refractivity contribution >= 4 is 0 Å². The van der Waals surface area contributed by atoms with Crippen molar-refractivity contribution in [2.45, 2.75) is 39.5 Å². The summed E-state index contributed by atoms with van der Waals surface area (Å²) in [5.74, 6) is 0.290. The molecule has 0 atom stereocenters. The minimum atomic E-state index is 0.290. The molecule has 0 amide bonds. The number of aromatic nitrogens is 2. The Morgan fingerprint density at radius 1 is 1.23 bits per heavy atom. The largest absolute Gasteiger partial charge is 0.504 e. The molecular weight excluding hydrogens is 164 g/mol. The predicted octanol–water partition coefficient (Wildman–Crippen LogP) is 2.09. The molecule has 0 spiro atoms. The first-order valence-electron chi connectivity index (χ1n) is 4.81. The van der Waals surface area contributed by atoms with Crippen LogP contribution in [0.1, 0.15) is 38.1 Å². The zero-order valence-corrected chi connectivity index (χ0v) is 8.25. The maximum Gasteiger partial charge on any atom is 0.158 e. The van der Waals surface area contributed by atoms with Gasteiger partial charge in [-0.05, 0) is 19.3 Å². The van der Waals surface area contributed by atoms with Gasteiger partial charge >= 0.3 is 0 Å². The van der Waals surface area contributed by atoms with Crippen LogP contribution in [-0.2, 0) is 12.8 Å². The fourth-order valence-corrected chi connectivity index (χ4v) is 1.24. The molecule has 0 saturated heterocycles. The van der Waals surface area contributed by atoms with Crippen LogP contribution in [0.15, 0.2) is 6.33 Å². The molecule has 0 aliphatic carbocycles. The van der Waals surface area contributed by atoms with E-state index in [0.29, 0.717) is 5.75 Å². The first kappa shape index (κ1) is 9.96. The minimum absolute atomic E-state index is 0.290. The lowest BCUT2D eigenvalue weighted by Crippen LogP contribution is -1.97. The fourth-order valence-electron chi connectivity index (χ4n) is 1.24. The number of hydrogen-bond donors (Lipinski definition) is 1. The first-order chi connectivity index (χ1) is 6.29. The number of unbranched alkanes of at least 4 members (excludes halogenated alkanes) is 1. The lowest BCUT2D eigenvalue weighted by atomic mass is 10.1. The smallest absolute Gasteiger partial charge is 0.158 e. The zero-order valence-electron chi connectivity index (χ0n) is 8.25. The van der Waals surface area contributed by atoms with Crippen molar-refractivity contribution in [1.29, 1.82) is 0 Å². The second kappa shape index (κ2) is 4.80. The van der Waals surface area contributed by atoms with Crippen LogP contribution in [0.25, 0.3) is 0 Å². The highest BCUT2D eigenvalue weighted by atomic mass is 16.3. The number of hydrogen-bond acceptors (Lipinski definition) is 3. The van der Waals surface area contributed by atoms with Gasteiger partial charge in [0.2, 0.25) is 0 Å². The first-order valence-corrected chi connectivity index (χ1v) is 4.81. The minimum Gasteiger partial charge on any atom is -0.504 e. The molecule has 3 nitrogen and oxygen atoms in total. The highest BCUT2D eigenvalue weighted by Crippen LogP contribution is 2.19. The third-order valence-corrected chi connectivity index (χ3v) is 2.08. The van der Waals surface area contributed by atoms with E-state index in [0.717, 1.165) is 37.1 Å². The summed E-state index contributed by atoms with van der Waals surface area (Å²) in [6, 6.07) is 0. The number of aromatic hydroxyl groups is 1. The highest BCUT2D eigenvalue weighted by molar-refractivity contribution is 5.30. The fraction of sp³-hybridized carbons (Fsp3) is 0.600. The maximum absolute atomic E-state index is 9.69. The van der Waals surface area contributed by atoms with Gasteiger partial charge in [0.15, 0.2) is 5.75 Å². The molecule has 0 fully saturated rings. The van der Waals surface area contributed by atoms with E-state index >= 15 is 0 Å². The van der Waals surface area contributed by atoms with Gasteiger partial charge in [-0.1, -0.05) is 20.3 Å². The number of aryl methyl sites for hydroxylation is 2. The average Bonchev–Trinajstić information content (AvgIpc) is 2.16. The third-order valence-electron chi connectivity index (χ3n) is 2.08. The number of nitrogens with zero attached hydrogens (tertiary/aromatic N) is 2. The molecule has 0 aliphatic rings. The molecule has 72 valence electrons. The van der Waals surface area contributed by atoms with E-state index < -0.39 is 0 Å². The van der Waals surface area contributed by atoms with E-state index in [1.807, 2.05) is 6.92 Å². The van der Waals surface area contributed by atoms with Gasteiger partial charge in [-0.2, -0.15) is 0 Å². The van der Waals surface area contributed by atoms with E-state index in [9.17, 15) is 5.11 Å². The Labute approximate surface area is 78.9 Å². The van der Waals surface area contributed by atoms with Crippen molar-refractivity contribution in [3.8, 4) is 5.75 Å². The molecule has 1 N–H and O–H groups in total. The Balaban J connectivity index is 2.81. The maximum atomic E-state index is 9.69. The summed E-state index contributed by atoms with van der Waals surface area (Å²) in [4.78, 5) is 8.07. The van der Waals surface area contributed by atoms with E-state index in [2.05, 4.69) is 16.9 Å². The normalized spacial score (nSPS) is 10.3. The Morgan fingerprint density at radius 2 is 1.92 bits per heavy atom. The standard InChI is InChI=1S/C10H16N2O/c1-3-5-6-9-10(13)8(4-2)11-7-12-9/h7,13H,3-6H2,1-2H3. The van der Waals surface area contributed by atoms with E-state index in [-0.39, 0.29) is 0 Å². The van der Waals surface area contributed by atoms with E-state index in [1.165, 1.54) is 6.33 Å². The summed E-state index contributed by atoms with van der Waals surface area (Å²) < 4.78 is 0. The number of rotatable bonds is 4. The summed E-state index contributed by atoms with van der Waals surface area (Å²) in [5.41, 5.74) is 1.54. The summed E-state index contributed by atoms with van der Waals surface area (Å²) >= 11 is 0. The van der Waals surface area contributed by atoms with Gasteiger partial charge < -0.3 is 5.11 Å². The quantitative estimate of drug-likeness (QED) is 0.771. The van der Waals surface area contributed by atoms with Crippen LogP contribution in [0.3, 0.4) is 0 Å². The second-order valence-corrected chi connectivity index (χ2v) is 3.07. The molecule has 1 heterocycles. The third kappa shape index (κ3) is 2.41. The van der Waals surface area contributed by atoms with Crippen LogP contribution in [0.2, 0.25) is 0 Å². The van der Waals surface area contributed by atoms with Crippen LogP contribution < -0.4 is 0 Å². The van der Waals surface area contributed by atoms with Gasteiger partial charge in [-0.25, -0.2) is 9.97 Å². The molecule has 3 heteroatoms. The van der Waals surface area contributed by atoms with Crippen LogP contribution in [0.5, 0.6) is 5.75 Å². The van der Waals surface area contributed by atoms with Gasteiger partial charge in [-0.3, -0.25) is 0 Å². The van der Waals surface area contributed by atoms with Crippen LogP contribution in [0, 0.1) is 0 Å². The molecule has 13 heavy (non-hydrogen) atoms. The summed E-state index contributed by atoms with van der Waals surface area (Å²) in [7, 11) is 0. The van der Waals surface area contributed by atoms with E-state index in [1.54, 1.807) is 0 Å². The Bertz CT molecular complexity index is 274. The lowest BCUT2D eigenvalue weighted by Gasteiger charge is -2.05. The topological polar surface area (TPSA) is 46.0 Å². The van der Waals surface area contributed by atoms with Crippen molar-refractivity contribution < 1.29 is 5.11 Å². The van der Waals surface area contributed by atoms with Crippen LogP contribution in [0.4, 0.5) is 0 Å². The Morgan fingerprint density at radius 3 is 2.54 bits per heavy atom. The SMILES string of the molecule is CCCCc1ncnc(CC)c1O. The molecule has 0 unspecified atom stereocenters. The van der Waals surface area contributed by atoms with Gasteiger partial charge in [-0.15, -0.1) is 0 Å². The monoisotopic (exact) mass is 180 g/mol. The van der Waals surface area contributed by atoms with Gasteiger partial charge in [0.05, 0.1) is 11.4 Å². The Kier molecular flexibility index (Phi) is 3.68. The second-order valence-electron chi connectivity index (χ2n) is 3.07. The van der Waals surface area contributed by atoms with Crippen LogP contribution in [-0.4, -0.2) is 15.1 Å². The average molecular weight is 180 g/mol. The Hall–Kier alpha value is -1.12. The van der Waals surface area contributed by atoms with E-state index in [4.69, 9.17) is 0 Å². The molecular formula is C10H16N2O. The summed E-state index contributed by atoms with van der Waals surface area (Å²) in [5, 5.41) is 9.69. The molecule has 1 aromatic heterocycles. The van der Waals surface area contributed by atoms with Crippen LogP contribution >= 0.6 is 0 Å². The molecule has 0 radical (unpaired) electrons. The zero-order chi connectivity index (χ0) is 9.68. The molecule has 1 rings (SSSR count). The van der Waals surface area contributed by atoms with Crippen molar-refractivity contribution in [3.05, 3.63) is 17.7 Å². The molecule has 0 saturated carbocycles. The highest BCUT2D eigenvalue weighted by Gasteiger charge is 2.06. The van der Waals surface area contributed by atoms with Gasteiger partial charge in [0.25, 0.3) is 0 Å². The molecule has 0 bridgehead atoms.